The minimum atomic E-state index is 0.0977. The smallest absolute Gasteiger partial charge is 0.228 e. The second kappa shape index (κ2) is 5.13. The molecule has 0 saturated heterocycles. The van der Waals surface area contributed by atoms with Gasteiger partial charge in [0.05, 0.1) is 6.20 Å². The quantitative estimate of drug-likeness (QED) is 0.749. The van der Waals surface area contributed by atoms with Crippen LogP contribution in [0.3, 0.4) is 0 Å². The molecule has 1 aromatic rings. The average molecular weight is 309 g/mol. The Bertz CT molecular complexity index is 575. The number of nitrogens with zero attached hydrogens (tertiary/aromatic N) is 4. The van der Waals surface area contributed by atoms with E-state index in [-0.39, 0.29) is 16.6 Å². The van der Waals surface area contributed by atoms with Crippen LogP contribution in [-0.2, 0) is 4.79 Å². The summed E-state index contributed by atoms with van der Waals surface area (Å²) in [7, 11) is 1.78. The van der Waals surface area contributed by atoms with Gasteiger partial charge in [-0.1, -0.05) is 20.3 Å². The number of hydrogen-bond donors (Lipinski definition) is 0. The third-order valence-corrected chi connectivity index (χ3v) is 5.05. The fourth-order valence-corrected chi connectivity index (χ4v) is 3.74. The molecule has 0 aromatic carbocycles. The van der Waals surface area contributed by atoms with Gasteiger partial charge >= 0.3 is 0 Å². The molecule has 1 unspecified atom stereocenters. The van der Waals surface area contributed by atoms with Crippen LogP contribution in [0.4, 0.5) is 11.5 Å². The van der Waals surface area contributed by atoms with E-state index < -0.39 is 0 Å². The summed E-state index contributed by atoms with van der Waals surface area (Å²) in [6.07, 6.45) is 5.70. The molecular formula is C15H21ClN4O. The molecule has 0 bridgehead atoms. The molecule has 1 aromatic heterocycles. The SMILES string of the molecule is CN1C(=O)CCN(C2CCCC2(C)C)c2nc(Cl)ncc21. The van der Waals surface area contributed by atoms with Crippen molar-refractivity contribution in [2.24, 2.45) is 5.41 Å². The van der Waals surface area contributed by atoms with E-state index in [4.69, 9.17) is 11.6 Å². The molecule has 1 fully saturated rings. The molecule has 6 heteroatoms. The number of hydrogen-bond acceptors (Lipinski definition) is 4. The highest BCUT2D eigenvalue weighted by molar-refractivity contribution is 6.28. The summed E-state index contributed by atoms with van der Waals surface area (Å²) in [5.74, 6) is 0.892. The fraction of sp³-hybridized carbons (Fsp3) is 0.667. The van der Waals surface area contributed by atoms with Crippen LogP contribution in [0.15, 0.2) is 6.20 Å². The van der Waals surface area contributed by atoms with Gasteiger partial charge in [0.1, 0.15) is 5.69 Å². The normalized spacial score (nSPS) is 25.0. The van der Waals surface area contributed by atoms with E-state index in [0.29, 0.717) is 19.0 Å². The van der Waals surface area contributed by atoms with Gasteiger partial charge in [0.2, 0.25) is 11.2 Å². The van der Waals surface area contributed by atoms with Crippen LogP contribution in [0.2, 0.25) is 5.28 Å². The number of anilines is 2. The van der Waals surface area contributed by atoms with Crippen molar-refractivity contribution in [3.63, 3.8) is 0 Å². The third kappa shape index (κ3) is 2.48. The van der Waals surface area contributed by atoms with E-state index in [1.165, 1.54) is 12.8 Å². The van der Waals surface area contributed by atoms with Crippen LogP contribution in [0, 0.1) is 5.41 Å². The first-order valence-corrected chi connectivity index (χ1v) is 7.84. The lowest BCUT2D eigenvalue weighted by molar-refractivity contribution is -0.118. The van der Waals surface area contributed by atoms with Crippen LogP contribution in [0.1, 0.15) is 39.5 Å². The fourth-order valence-electron chi connectivity index (χ4n) is 3.61. The maximum Gasteiger partial charge on any atom is 0.228 e. The molecule has 0 spiro atoms. The summed E-state index contributed by atoms with van der Waals surface area (Å²) in [5.41, 5.74) is 0.977. The maximum absolute atomic E-state index is 12.2. The van der Waals surface area contributed by atoms with E-state index in [0.717, 1.165) is 17.9 Å². The molecule has 114 valence electrons. The van der Waals surface area contributed by atoms with E-state index >= 15 is 0 Å². The van der Waals surface area contributed by atoms with Crippen molar-refractivity contribution in [2.75, 3.05) is 23.4 Å². The molecule has 1 aliphatic heterocycles. The average Bonchev–Trinajstić information content (AvgIpc) is 2.72. The van der Waals surface area contributed by atoms with Gasteiger partial charge in [0, 0.05) is 26.1 Å². The van der Waals surface area contributed by atoms with Crippen molar-refractivity contribution < 1.29 is 4.79 Å². The van der Waals surface area contributed by atoms with Crippen LogP contribution < -0.4 is 9.80 Å². The van der Waals surface area contributed by atoms with Gasteiger partial charge in [-0.15, -0.1) is 0 Å². The van der Waals surface area contributed by atoms with Crippen molar-refractivity contribution in [2.45, 2.75) is 45.6 Å². The Morgan fingerprint density at radius 1 is 1.43 bits per heavy atom. The second-order valence-electron chi connectivity index (χ2n) is 6.64. The van der Waals surface area contributed by atoms with Gasteiger partial charge < -0.3 is 9.80 Å². The highest BCUT2D eigenvalue weighted by Crippen LogP contribution is 2.44. The van der Waals surface area contributed by atoms with Crippen LogP contribution in [0.25, 0.3) is 0 Å². The van der Waals surface area contributed by atoms with Crippen LogP contribution >= 0.6 is 11.6 Å². The Morgan fingerprint density at radius 2 is 2.19 bits per heavy atom. The molecule has 1 atom stereocenters. The Labute approximate surface area is 130 Å². The lowest BCUT2D eigenvalue weighted by Gasteiger charge is -2.38. The number of rotatable bonds is 1. The monoisotopic (exact) mass is 308 g/mol. The van der Waals surface area contributed by atoms with E-state index in [1.54, 1.807) is 18.1 Å². The number of amides is 1. The first-order chi connectivity index (χ1) is 9.90. The number of aromatic nitrogens is 2. The largest absolute Gasteiger partial charge is 0.351 e. The van der Waals surface area contributed by atoms with Gasteiger partial charge in [-0.05, 0) is 29.9 Å². The minimum Gasteiger partial charge on any atom is -0.351 e. The molecule has 5 nitrogen and oxygen atoms in total. The zero-order chi connectivity index (χ0) is 15.2. The maximum atomic E-state index is 12.2. The molecule has 0 N–H and O–H groups in total. The molecule has 2 heterocycles. The molecule has 2 aliphatic rings. The van der Waals surface area contributed by atoms with Crippen molar-refractivity contribution in [3.8, 4) is 0 Å². The summed E-state index contributed by atoms with van der Waals surface area (Å²) in [4.78, 5) is 24.6. The predicted molar refractivity (Wildman–Crippen MR) is 83.8 cm³/mol. The summed E-state index contributed by atoms with van der Waals surface area (Å²) >= 11 is 6.00. The van der Waals surface area contributed by atoms with Gasteiger partial charge in [-0.2, -0.15) is 4.98 Å². The molecule has 1 amide bonds. The van der Waals surface area contributed by atoms with Gasteiger partial charge in [-0.3, -0.25) is 4.79 Å². The lowest BCUT2D eigenvalue weighted by atomic mass is 9.86. The molecule has 1 saturated carbocycles. The van der Waals surface area contributed by atoms with Gasteiger partial charge in [0.25, 0.3) is 0 Å². The number of carbonyl (C=O) groups is 1. The number of carbonyl (C=O) groups excluding carboxylic acids is 1. The lowest BCUT2D eigenvalue weighted by Crippen LogP contribution is -2.43. The summed E-state index contributed by atoms with van der Waals surface area (Å²) in [5, 5.41) is 0.234. The highest BCUT2D eigenvalue weighted by atomic mass is 35.5. The molecule has 21 heavy (non-hydrogen) atoms. The summed E-state index contributed by atoms with van der Waals surface area (Å²) in [6.45, 7) is 5.28. The Hall–Kier alpha value is -1.36. The van der Waals surface area contributed by atoms with Gasteiger partial charge in [-0.25, -0.2) is 4.98 Å². The van der Waals surface area contributed by atoms with E-state index in [1.807, 2.05) is 0 Å². The molecule has 0 radical (unpaired) electrons. The summed E-state index contributed by atoms with van der Waals surface area (Å²) < 4.78 is 0. The van der Waals surface area contributed by atoms with Gasteiger partial charge in [0.15, 0.2) is 5.82 Å². The molecule has 1 aliphatic carbocycles. The standard InChI is InChI=1S/C15H21ClN4O/c1-15(2)7-4-5-11(15)20-8-6-12(21)19(3)10-9-17-14(16)18-13(10)20/h9,11H,4-8H2,1-3H3. The first-order valence-electron chi connectivity index (χ1n) is 7.46. The number of halogens is 1. The number of fused-ring (bicyclic) bond motifs is 1. The zero-order valence-corrected chi connectivity index (χ0v) is 13.5. The van der Waals surface area contributed by atoms with Crippen molar-refractivity contribution in [1.29, 1.82) is 0 Å². The third-order valence-electron chi connectivity index (χ3n) is 4.87. The minimum absolute atomic E-state index is 0.0977. The van der Waals surface area contributed by atoms with E-state index in [2.05, 4.69) is 28.7 Å². The van der Waals surface area contributed by atoms with Crippen LogP contribution in [-0.4, -0.2) is 35.5 Å². The Morgan fingerprint density at radius 3 is 2.86 bits per heavy atom. The second-order valence-corrected chi connectivity index (χ2v) is 6.98. The van der Waals surface area contributed by atoms with Crippen LogP contribution in [0.5, 0.6) is 0 Å². The van der Waals surface area contributed by atoms with Crippen molar-refractivity contribution in [3.05, 3.63) is 11.5 Å². The predicted octanol–water partition coefficient (Wildman–Crippen LogP) is 2.88. The Balaban J connectivity index is 2.08. The van der Waals surface area contributed by atoms with E-state index in [9.17, 15) is 4.79 Å². The Kier molecular flexibility index (Phi) is 3.56. The molecule has 3 rings (SSSR count). The molecular weight excluding hydrogens is 288 g/mol. The highest BCUT2D eigenvalue weighted by Gasteiger charge is 2.41. The first kappa shape index (κ1) is 14.6. The van der Waals surface area contributed by atoms with Crippen molar-refractivity contribution in [1.82, 2.24) is 9.97 Å². The summed E-state index contributed by atoms with van der Waals surface area (Å²) in [6, 6.07) is 0.390. The zero-order valence-electron chi connectivity index (χ0n) is 12.8. The topological polar surface area (TPSA) is 49.3 Å². The van der Waals surface area contributed by atoms with Crippen molar-refractivity contribution >= 4 is 29.0 Å².